The van der Waals surface area contributed by atoms with E-state index in [1.54, 1.807) is 0 Å². The Hall–Kier alpha value is -1.37. The van der Waals surface area contributed by atoms with Gasteiger partial charge in [0, 0.05) is 23.5 Å². The van der Waals surface area contributed by atoms with Crippen molar-refractivity contribution in [3.8, 4) is 0 Å². The van der Waals surface area contributed by atoms with E-state index < -0.39 is 0 Å². The summed E-state index contributed by atoms with van der Waals surface area (Å²) in [4.78, 5) is 15.4. The highest BCUT2D eigenvalue weighted by atomic mass is 28.2. The third-order valence-electron chi connectivity index (χ3n) is 7.24. The standard InChI is InChI=1S/C20H33N3O2Si/c1-18(2,3)19(4)8-9-23(20(19,5)12-25-26)16-10-13-6-7-14(21)11-15(13)22-17(16)24/h6-7,11,16H,8-10,12,21H2,1-5,26H3,(H,22,24)/t16?,19?,20-/m1/s1. The van der Waals surface area contributed by atoms with Gasteiger partial charge in [-0.25, -0.2) is 0 Å². The topological polar surface area (TPSA) is 67.6 Å². The number of benzene rings is 1. The van der Waals surface area contributed by atoms with E-state index in [9.17, 15) is 4.79 Å². The van der Waals surface area contributed by atoms with E-state index >= 15 is 0 Å². The molecule has 1 amide bonds. The van der Waals surface area contributed by atoms with Gasteiger partial charge in [0.05, 0.1) is 12.6 Å². The second kappa shape index (κ2) is 6.36. The molecule has 3 atom stereocenters. The smallest absolute Gasteiger partial charge is 0.242 e. The lowest BCUT2D eigenvalue weighted by atomic mass is 9.58. The van der Waals surface area contributed by atoms with Crippen LogP contribution in [0.15, 0.2) is 18.2 Å². The predicted octanol–water partition coefficient (Wildman–Crippen LogP) is 1.95. The Morgan fingerprint density at radius 3 is 2.69 bits per heavy atom. The molecule has 3 N–H and O–H groups in total. The molecule has 2 aliphatic rings. The SMILES string of the molecule is CC(C)(C)C1(C)CCN(C2Cc3ccc(N)cc3NC2=O)[C@]1(C)CO[SiH3]. The van der Waals surface area contributed by atoms with Crippen molar-refractivity contribution in [3.05, 3.63) is 23.8 Å². The van der Waals surface area contributed by atoms with Gasteiger partial charge in [-0.1, -0.05) is 33.8 Å². The fourth-order valence-corrected chi connectivity index (χ4v) is 5.60. The number of hydrogen-bond donors (Lipinski definition) is 2. The van der Waals surface area contributed by atoms with Gasteiger partial charge in [-0.3, -0.25) is 9.69 Å². The quantitative estimate of drug-likeness (QED) is 0.626. The van der Waals surface area contributed by atoms with Crippen LogP contribution in [0.4, 0.5) is 11.4 Å². The Balaban J connectivity index is 1.98. The van der Waals surface area contributed by atoms with E-state index in [0.717, 1.165) is 30.6 Å². The number of nitrogens with one attached hydrogen (secondary N) is 1. The highest BCUT2D eigenvalue weighted by Gasteiger charge is 2.60. The molecule has 0 radical (unpaired) electrons. The normalized spacial score (nSPS) is 32.5. The first-order valence-electron chi connectivity index (χ1n) is 9.48. The minimum absolute atomic E-state index is 0.0616. The summed E-state index contributed by atoms with van der Waals surface area (Å²) in [6.45, 7) is 13.2. The maximum atomic E-state index is 13.0. The maximum Gasteiger partial charge on any atom is 0.242 e. The van der Waals surface area contributed by atoms with Crippen molar-refractivity contribution in [2.45, 2.75) is 59.0 Å². The lowest BCUT2D eigenvalue weighted by Crippen LogP contribution is -2.63. The first-order chi connectivity index (χ1) is 12.0. The van der Waals surface area contributed by atoms with Crippen LogP contribution in [0.5, 0.6) is 0 Å². The van der Waals surface area contributed by atoms with E-state index in [4.69, 9.17) is 10.2 Å². The van der Waals surface area contributed by atoms with Crippen LogP contribution in [0.2, 0.25) is 0 Å². The Kier molecular flexibility index (Phi) is 4.74. The number of nitrogens with two attached hydrogens (primary N) is 1. The molecule has 2 unspecified atom stereocenters. The fraction of sp³-hybridized carbons (Fsp3) is 0.650. The van der Waals surface area contributed by atoms with Gasteiger partial charge in [-0.05, 0) is 48.3 Å². The molecule has 0 aromatic heterocycles. The van der Waals surface area contributed by atoms with E-state index in [0.29, 0.717) is 22.8 Å². The first kappa shape index (κ1) is 19.4. The van der Waals surface area contributed by atoms with Crippen molar-refractivity contribution in [3.63, 3.8) is 0 Å². The summed E-state index contributed by atoms with van der Waals surface area (Å²) in [6, 6.07) is 5.64. The molecule has 0 saturated carbocycles. The average molecular weight is 376 g/mol. The molecule has 1 aromatic rings. The lowest BCUT2D eigenvalue weighted by molar-refractivity contribution is -0.127. The highest BCUT2D eigenvalue weighted by molar-refractivity contribution is 5.99. The largest absolute Gasteiger partial charge is 0.426 e. The van der Waals surface area contributed by atoms with Crippen LogP contribution in [0.25, 0.3) is 0 Å². The molecule has 0 spiro atoms. The van der Waals surface area contributed by atoms with Gasteiger partial charge in [0.2, 0.25) is 5.91 Å². The van der Waals surface area contributed by atoms with Crippen LogP contribution in [0, 0.1) is 10.8 Å². The number of fused-ring (bicyclic) bond motifs is 1. The molecule has 2 heterocycles. The minimum Gasteiger partial charge on any atom is -0.426 e. The van der Waals surface area contributed by atoms with Crippen molar-refractivity contribution in [2.75, 3.05) is 24.2 Å². The van der Waals surface area contributed by atoms with Crippen LogP contribution in [0.3, 0.4) is 0 Å². The zero-order chi connectivity index (χ0) is 19.3. The van der Waals surface area contributed by atoms with E-state index in [1.807, 2.05) is 18.2 Å². The van der Waals surface area contributed by atoms with E-state index in [-0.39, 0.29) is 28.3 Å². The summed E-state index contributed by atoms with van der Waals surface area (Å²) < 4.78 is 5.81. The molecule has 0 aliphatic carbocycles. The Labute approximate surface area is 160 Å². The van der Waals surface area contributed by atoms with Crippen molar-refractivity contribution in [1.82, 2.24) is 4.90 Å². The Bertz CT molecular complexity index is 717. The summed E-state index contributed by atoms with van der Waals surface area (Å²) in [5.74, 6) is 0.0702. The average Bonchev–Trinajstić information content (AvgIpc) is 2.80. The molecule has 1 saturated heterocycles. The van der Waals surface area contributed by atoms with Crippen molar-refractivity contribution < 1.29 is 9.22 Å². The lowest BCUT2D eigenvalue weighted by Gasteiger charge is -2.54. The summed E-state index contributed by atoms with van der Waals surface area (Å²) >= 11 is 0. The number of carbonyl (C=O) groups is 1. The summed E-state index contributed by atoms with van der Waals surface area (Å²) in [7, 11) is 0.703. The molecular formula is C20H33N3O2Si. The van der Waals surface area contributed by atoms with Crippen molar-refractivity contribution >= 4 is 27.8 Å². The van der Waals surface area contributed by atoms with E-state index in [1.165, 1.54) is 0 Å². The Morgan fingerprint density at radius 2 is 2.08 bits per heavy atom. The van der Waals surface area contributed by atoms with Gasteiger partial charge in [-0.2, -0.15) is 0 Å². The molecule has 26 heavy (non-hydrogen) atoms. The predicted molar refractivity (Wildman–Crippen MR) is 110 cm³/mol. The van der Waals surface area contributed by atoms with Crippen LogP contribution in [-0.4, -0.2) is 46.0 Å². The molecule has 5 nitrogen and oxygen atoms in total. The molecular weight excluding hydrogens is 342 g/mol. The molecule has 1 aromatic carbocycles. The van der Waals surface area contributed by atoms with E-state index in [2.05, 4.69) is 44.8 Å². The molecule has 0 bridgehead atoms. The zero-order valence-corrected chi connectivity index (χ0v) is 19.0. The molecule has 6 heteroatoms. The molecule has 3 rings (SSSR count). The van der Waals surface area contributed by atoms with Gasteiger partial charge >= 0.3 is 0 Å². The number of nitrogens with zero attached hydrogens (tertiary/aromatic N) is 1. The first-order valence-corrected chi connectivity index (χ1v) is 10.3. The number of anilines is 2. The molecule has 144 valence electrons. The number of carbonyl (C=O) groups excluding carboxylic acids is 1. The van der Waals surface area contributed by atoms with Gasteiger partial charge < -0.3 is 15.5 Å². The highest BCUT2D eigenvalue weighted by Crippen LogP contribution is 2.56. The third kappa shape index (κ3) is 2.79. The van der Waals surface area contributed by atoms with Crippen LogP contribution in [-0.2, 0) is 15.6 Å². The second-order valence-corrected chi connectivity index (χ2v) is 9.94. The summed E-state index contributed by atoms with van der Waals surface area (Å²) in [6.07, 6.45) is 1.79. The second-order valence-electron chi connectivity index (χ2n) is 9.36. The van der Waals surface area contributed by atoms with Crippen LogP contribution >= 0.6 is 0 Å². The number of likely N-dealkylation sites (tertiary alicyclic amines) is 1. The van der Waals surface area contributed by atoms with Crippen molar-refractivity contribution in [1.29, 1.82) is 0 Å². The third-order valence-corrected chi connectivity index (χ3v) is 7.53. The number of rotatable bonds is 3. The molecule has 2 aliphatic heterocycles. The summed E-state index contributed by atoms with van der Waals surface area (Å²) in [5.41, 5.74) is 8.56. The Morgan fingerprint density at radius 1 is 1.38 bits per heavy atom. The van der Waals surface area contributed by atoms with Gasteiger partial charge in [-0.15, -0.1) is 0 Å². The van der Waals surface area contributed by atoms with Gasteiger partial charge in [0.25, 0.3) is 0 Å². The van der Waals surface area contributed by atoms with Crippen LogP contribution < -0.4 is 11.1 Å². The minimum atomic E-state index is -0.180. The maximum absolute atomic E-state index is 13.0. The van der Waals surface area contributed by atoms with Gasteiger partial charge in [0.1, 0.15) is 10.5 Å². The number of hydrogen-bond acceptors (Lipinski definition) is 4. The van der Waals surface area contributed by atoms with Crippen molar-refractivity contribution in [2.24, 2.45) is 10.8 Å². The van der Waals surface area contributed by atoms with Gasteiger partial charge in [0.15, 0.2) is 0 Å². The fourth-order valence-electron chi connectivity index (χ4n) is 5.04. The number of nitrogen functional groups attached to an aromatic ring is 1. The number of amides is 1. The molecule has 1 fully saturated rings. The van der Waals surface area contributed by atoms with Crippen LogP contribution in [0.1, 0.15) is 46.6 Å². The zero-order valence-electron chi connectivity index (χ0n) is 17.0. The monoisotopic (exact) mass is 375 g/mol. The summed E-state index contributed by atoms with van der Waals surface area (Å²) in [5, 5.41) is 3.08.